The zero-order valence-electron chi connectivity index (χ0n) is 12.6. The molecule has 3 N–H and O–H groups in total. The maximum absolute atomic E-state index is 12.3. The summed E-state index contributed by atoms with van der Waals surface area (Å²) in [6.45, 7) is 1.62. The molecule has 2 atom stereocenters. The van der Waals surface area contributed by atoms with E-state index in [0.29, 0.717) is 0 Å². The van der Waals surface area contributed by atoms with Crippen LogP contribution >= 0.6 is 0 Å². The first-order valence-electron chi connectivity index (χ1n) is 7.26. The molecular weight excluding hydrogens is 304 g/mol. The highest BCUT2D eigenvalue weighted by Crippen LogP contribution is 2.30. The number of phenols is 2. The van der Waals surface area contributed by atoms with Gasteiger partial charge in [-0.15, -0.1) is 0 Å². The van der Waals surface area contributed by atoms with Crippen LogP contribution in [0, 0.1) is 0 Å². The molecule has 0 spiro atoms. The quantitative estimate of drug-likeness (QED) is 0.606. The number of fused-ring (bicyclic) bond motifs is 1. The number of cyclic esters (lactones) is 1. The van der Waals surface area contributed by atoms with Crippen LogP contribution in [-0.2, 0) is 20.7 Å². The van der Waals surface area contributed by atoms with Crippen molar-refractivity contribution in [1.29, 1.82) is 0 Å². The Bertz CT molecular complexity index is 650. The summed E-state index contributed by atoms with van der Waals surface area (Å²) in [7, 11) is 0. The molecule has 0 radical (unpaired) electrons. The van der Waals surface area contributed by atoms with Gasteiger partial charge in [-0.1, -0.05) is 0 Å². The van der Waals surface area contributed by atoms with E-state index in [1.54, 1.807) is 6.92 Å². The van der Waals surface area contributed by atoms with Crippen LogP contribution in [0.2, 0.25) is 0 Å². The predicted octanol–water partition coefficient (Wildman–Crippen LogP) is 0.869. The second-order valence-corrected chi connectivity index (χ2v) is 5.62. The molecule has 7 heteroatoms. The lowest BCUT2D eigenvalue weighted by Crippen LogP contribution is -2.27. The van der Waals surface area contributed by atoms with Crippen LogP contribution in [0.4, 0.5) is 0 Å². The minimum Gasteiger partial charge on any atom is -0.508 e. The van der Waals surface area contributed by atoms with Crippen molar-refractivity contribution in [3.8, 4) is 11.5 Å². The molecule has 7 nitrogen and oxygen atoms in total. The van der Waals surface area contributed by atoms with Crippen molar-refractivity contribution in [2.75, 3.05) is 0 Å². The molecule has 1 aromatic carbocycles. The van der Waals surface area contributed by atoms with E-state index in [0.717, 1.165) is 6.07 Å². The largest absolute Gasteiger partial charge is 0.508 e. The van der Waals surface area contributed by atoms with Gasteiger partial charge in [-0.3, -0.25) is 14.4 Å². The fourth-order valence-electron chi connectivity index (χ4n) is 2.51. The zero-order valence-corrected chi connectivity index (χ0v) is 12.6. The number of ketones is 2. The van der Waals surface area contributed by atoms with E-state index in [9.17, 15) is 29.7 Å². The lowest BCUT2D eigenvalue weighted by atomic mass is 9.94. The molecule has 1 aliphatic heterocycles. The topological polar surface area (TPSA) is 121 Å². The summed E-state index contributed by atoms with van der Waals surface area (Å²) < 4.78 is 5.13. The number of hydrogen-bond donors (Lipinski definition) is 3. The fraction of sp³-hybridized carbons (Fsp3) is 0.438. The van der Waals surface area contributed by atoms with Crippen molar-refractivity contribution >= 4 is 17.5 Å². The van der Waals surface area contributed by atoms with Crippen LogP contribution in [0.3, 0.4) is 0 Å². The van der Waals surface area contributed by atoms with Crippen LogP contribution in [0.25, 0.3) is 0 Å². The third kappa shape index (κ3) is 4.07. The van der Waals surface area contributed by atoms with E-state index >= 15 is 0 Å². The van der Waals surface area contributed by atoms with E-state index in [1.807, 2.05) is 0 Å². The normalized spacial score (nSPS) is 23.5. The highest BCUT2D eigenvalue weighted by molar-refractivity contribution is 6.03. The summed E-state index contributed by atoms with van der Waals surface area (Å²) in [6.07, 6.45) is -2.58. The van der Waals surface area contributed by atoms with Crippen molar-refractivity contribution < 1.29 is 34.4 Å². The maximum atomic E-state index is 12.3. The van der Waals surface area contributed by atoms with E-state index in [-0.39, 0.29) is 36.1 Å². The number of carbonyl (C=O) groups is 3. The van der Waals surface area contributed by atoms with Crippen molar-refractivity contribution in [2.45, 2.75) is 44.8 Å². The van der Waals surface area contributed by atoms with Crippen LogP contribution < -0.4 is 0 Å². The first-order valence-corrected chi connectivity index (χ1v) is 7.26. The smallest absolute Gasteiger partial charge is 0.310 e. The van der Waals surface area contributed by atoms with Gasteiger partial charge in [0.1, 0.15) is 17.6 Å². The van der Waals surface area contributed by atoms with Gasteiger partial charge in [-0.05, 0) is 25.0 Å². The molecule has 0 bridgehead atoms. The van der Waals surface area contributed by atoms with Gasteiger partial charge in [-0.25, -0.2) is 0 Å². The van der Waals surface area contributed by atoms with Gasteiger partial charge < -0.3 is 20.1 Å². The minimum atomic E-state index is -1.48. The van der Waals surface area contributed by atoms with Gasteiger partial charge in [0.05, 0.1) is 18.1 Å². The molecule has 0 saturated carbocycles. The van der Waals surface area contributed by atoms with Crippen LogP contribution in [-0.4, -0.2) is 45.1 Å². The molecular formula is C16H18O7. The van der Waals surface area contributed by atoms with Gasteiger partial charge in [0.25, 0.3) is 0 Å². The lowest BCUT2D eigenvalue weighted by Gasteiger charge is -2.18. The molecule has 0 fully saturated rings. The Morgan fingerprint density at radius 2 is 1.87 bits per heavy atom. The molecule has 2 rings (SSSR count). The number of phenolic OH excluding ortho intramolecular Hbond substituents is 2. The molecule has 23 heavy (non-hydrogen) atoms. The number of hydrogen-bond acceptors (Lipinski definition) is 7. The lowest BCUT2D eigenvalue weighted by molar-refractivity contribution is -0.148. The third-order valence-corrected chi connectivity index (χ3v) is 3.68. The van der Waals surface area contributed by atoms with Gasteiger partial charge in [-0.2, -0.15) is 0 Å². The number of aliphatic hydroxyl groups is 1. The van der Waals surface area contributed by atoms with Crippen LogP contribution in [0.5, 0.6) is 11.5 Å². The number of ether oxygens (including phenoxy) is 1. The predicted molar refractivity (Wildman–Crippen MR) is 78.2 cm³/mol. The molecule has 1 aliphatic rings. The Balaban J connectivity index is 2.45. The summed E-state index contributed by atoms with van der Waals surface area (Å²) in [4.78, 5) is 36.0. The van der Waals surface area contributed by atoms with Crippen molar-refractivity contribution in [1.82, 2.24) is 0 Å². The van der Waals surface area contributed by atoms with Crippen molar-refractivity contribution in [3.63, 3.8) is 0 Å². The summed E-state index contributed by atoms with van der Waals surface area (Å²) >= 11 is 0. The van der Waals surface area contributed by atoms with E-state index in [4.69, 9.17) is 4.74 Å². The first kappa shape index (κ1) is 17.0. The number of carbonyl (C=O) groups excluding carboxylic acids is 3. The van der Waals surface area contributed by atoms with Gasteiger partial charge >= 0.3 is 5.97 Å². The molecule has 1 heterocycles. The summed E-state index contributed by atoms with van der Waals surface area (Å²) in [5.74, 6) is -2.66. The Kier molecular flexibility index (Phi) is 5.00. The van der Waals surface area contributed by atoms with E-state index in [2.05, 4.69) is 0 Å². The Labute approximate surface area is 132 Å². The molecule has 0 aliphatic carbocycles. The summed E-state index contributed by atoms with van der Waals surface area (Å²) in [5.41, 5.74) is -0.107. The van der Waals surface area contributed by atoms with Gasteiger partial charge in [0.2, 0.25) is 0 Å². The van der Waals surface area contributed by atoms with Gasteiger partial charge in [0, 0.05) is 18.9 Å². The number of esters is 1. The highest BCUT2D eigenvalue weighted by atomic mass is 16.5. The summed E-state index contributed by atoms with van der Waals surface area (Å²) in [5, 5.41) is 29.3. The maximum Gasteiger partial charge on any atom is 0.310 e. The fourth-order valence-corrected chi connectivity index (χ4v) is 2.51. The van der Waals surface area contributed by atoms with E-state index in [1.165, 1.54) is 6.07 Å². The third-order valence-electron chi connectivity index (χ3n) is 3.68. The van der Waals surface area contributed by atoms with E-state index < -0.39 is 41.9 Å². The Hall–Kier alpha value is -2.41. The number of benzene rings is 1. The second-order valence-electron chi connectivity index (χ2n) is 5.62. The number of aliphatic hydroxyl groups excluding tert-OH is 1. The second kappa shape index (κ2) is 6.78. The summed E-state index contributed by atoms with van der Waals surface area (Å²) in [6, 6.07) is 2.14. The molecule has 0 saturated heterocycles. The average molecular weight is 322 g/mol. The number of aromatic hydroxyl groups is 2. The molecule has 1 aromatic rings. The van der Waals surface area contributed by atoms with Gasteiger partial charge in [0.15, 0.2) is 11.6 Å². The SMILES string of the molecule is C[C@H]1CCC(=O)[C@H](O)CC(=O)c2c(O)cc(O)cc2CC(=O)O1. The standard InChI is InChI=1S/C16H18O7/c1-8-2-3-11(18)12(19)7-14(21)16-9(5-15(22)23-8)4-10(17)6-13(16)20/h4,6,8,12,17,19-20H,2-3,5,7H2,1H3/t8-,12+/m0/s1. The number of rotatable bonds is 0. The Morgan fingerprint density at radius 1 is 1.17 bits per heavy atom. The molecule has 0 unspecified atom stereocenters. The molecule has 0 amide bonds. The number of Topliss-reactive ketones (excluding diaryl/α,β-unsaturated/α-hetero) is 2. The zero-order chi connectivity index (χ0) is 17.1. The minimum absolute atomic E-state index is 0.0166. The van der Waals surface area contributed by atoms with Crippen molar-refractivity contribution in [3.05, 3.63) is 23.3 Å². The Morgan fingerprint density at radius 3 is 2.57 bits per heavy atom. The monoisotopic (exact) mass is 322 g/mol. The first-order chi connectivity index (χ1) is 10.8. The molecule has 0 aromatic heterocycles. The molecule has 124 valence electrons. The van der Waals surface area contributed by atoms with Crippen molar-refractivity contribution in [2.24, 2.45) is 0 Å². The highest BCUT2D eigenvalue weighted by Gasteiger charge is 2.27. The van der Waals surface area contributed by atoms with Crippen LogP contribution in [0.1, 0.15) is 42.1 Å². The van der Waals surface area contributed by atoms with Crippen LogP contribution in [0.15, 0.2) is 12.1 Å². The average Bonchev–Trinajstić information content (AvgIpc) is 2.42.